The van der Waals surface area contributed by atoms with Gasteiger partial charge in [-0.25, -0.2) is 13.1 Å². The van der Waals surface area contributed by atoms with Crippen LogP contribution in [0.5, 0.6) is 0 Å². The molecule has 0 amide bonds. The summed E-state index contributed by atoms with van der Waals surface area (Å²) in [5, 5.41) is 9.46. The number of nitrogens with one attached hydrogen (secondary N) is 1. The van der Waals surface area contributed by atoms with Crippen molar-refractivity contribution in [3.8, 4) is 0 Å². The van der Waals surface area contributed by atoms with Crippen LogP contribution in [0, 0.1) is 0 Å². The highest BCUT2D eigenvalue weighted by atomic mass is 35.5. The van der Waals surface area contributed by atoms with Crippen molar-refractivity contribution in [2.75, 3.05) is 6.61 Å². The van der Waals surface area contributed by atoms with E-state index in [1.807, 2.05) is 6.07 Å². The summed E-state index contributed by atoms with van der Waals surface area (Å²) in [5.41, 5.74) is 0.665. The number of sulfonamides is 1. The van der Waals surface area contributed by atoms with E-state index in [9.17, 15) is 13.5 Å². The van der Waals surface area contributed by atoms with Gasteiger partial charge in [-0.2, -0.15) is 0 Å². The molecule has 1 heterocycles. The lowest BCUT2D eigenvalue weighted by molar-refractivity contribution is 0.259. The van der Waals surface area contributed by atoms with Gasteiger partial charge in [-0.3, -0.25) is 4.98 Å². The van der Waals surface area contributed by atoms with E-state index in [1.165, 1.54) is 18.5 Å². The van der Waals surface area contributed by atoms with Gasteiger partial charge in [0.15, 0.2) is 0 Å². The summed E-state index contributed by atoms with van der Waals surface area (Å²) in [6.07, 6.45) is 2.58. The fourth-order valence-corrected chi connectivity index (χ4v) is 3.35. The first-order chi connectivity index (χ1) is 9.54. The molecule has 0 unspecified atom stereocenters. The molecule has 7 heteroatoms. The Labute approximate surface area is 122 Å². The molecule has 0 saturated carbocycles. The highest BCUT2D eigenvalue weighted by Gasteiger charge is 2.23. The Morgan fingerprint density at radius 2 is 1.95 bits per heavy atom. The minimum Gasteiger partial charge on any atom is -0.394 e. The molecule has 0 aliphatic rings. The number of pyridine rings is 1. The first-order valence-corrected chi connectivity index (χ1v) is 7.68. The molecular weight excluding hydrogens is 300 g/mol. The highest BCUT2D eigenvalue weighted by molar-refractivity contribution is 7.89. The molecule has 106 valence electrons. The molecule has 0 fully saturated rings. The Hall–Kier alpha value is -1.47. The van der Waals surface area contributed by atoms with Crippen LogP contribution in [0.3, 0.4) is 0 Å². The SMILES string of the molecule is O=S(=O)(N[C@@H](CO)c1ccccc1)c1cnccc1Cl. The summed E-state index contributed by atoms with van der Waals surface area (Å²) < 4.78 is 26.9. The van der Waals surface area contributed by atoms with Gasteiger partial charge < -0.3 is 5.11 Å². The molecule has 2 rings (SSSR count). The third-order valence-corrected chi connectivity index (χ3v) is 4.65. The van der Waals surface area contributed by atoms with E-state index >= 15 is 0 Å². The van der Waals surface area contributed by atoms with Gasteiger partial charge in [-0.05, 0) is 11.6 Å². The lowest BCUT2D eigenvalue weighted by Crippen LogP contribution is -2.31. The maximum atomic E-state index is 12.2. The van der Waals surface area contributed by atoms with Crippen molar-refractivity contribution in [3.05, 3.63) is 59.4 Å². The predicted molar refractivity (Wildman–Crippen MR) is 75.8 cm³/mol. The minimum absolute atomic E-state index is 0.0808. The number of halogens is 1. The van der Waals surface area contributed by atoms with Gasteiger partial charge in [0.1, 0.15) is 4.90 Å². The predicted octanol–water partition coefficient (Wildman–Crippen LogP) is 1.75. The van der Waals surface area contributed by atoms with Gasteiger partial charge in [0.25, 0.3) is 0 Å². The van der Waals surface area contributed by atoms with E-state index in [2.05, 4.69) is 9.71 Å². The number of benzene rings is 1. The molecule has 0 spiro atoms. The summed E-state index contributed by atoms with van der Waals surface area (Å²) in [4.78, 5) is 3.64. The van der Waals surface area contributed by atoms with Crippen molar-refractivity contribution in [2.24, 2.45) is 0 Å². The number of aromatic nitrogens is 1. The zero-order chi connectivity index (χ0) is 14.6. The molecule has 1 aromatic carbocycles. The zero-order valence-electron chi connectivity index (χ0n) is 10.4. The van der Waals surface area contributed by atoms with Crippen LogP contribution in [0.1, 0.15) is 11.6 Å². The zero-order valence-corrected chi connectivity index (χ0v) is 12.0. The van der Waals surface area contributed by atoms with E-state index < -0.39 is 16.1 Å². The topological polar surface area (TPSA) is 79.3 Å². The van der Waals surface area contributed by atoms with Gasteiger partial charge in [0.05, 0.1) is 17.7 Å². The minimum atomic E-state index is -3.85. The molecule has 0 aliphatic heterocycles. The number of hydrogen-bond acceptors (Lipinski definition) is 4. The van der Waals surface area contributed by atoms with Gasteiger partial charge in [-0.1, -0.05) is 41.9 Å². The molecular formula is C13H13ClN2O3S. The lowest BCUT2D eigenvalue weighted by Gasteiger charge is -2.17. The van der Waals surface area contributed by atoms with Gasteiger partial charge >= 0.3 is 0 Å². The second kappa shape index (κ2) is 6.32. The molecule has 1 atom stereocenters. The van der Waals surface area contributed by atoms with Crippen LogP contribution < -0.4 is 4.72 Å². The van der Waals surface area contributed by atoms with Crippen LogP contribution >= 0.6 is 11.6 Å². The largest absolute Gasteiger partial charge is 0.394 e. The molecule has 0 bridgehead atoms. The fourth-order valence-electron chi connectivity index (χ4n) is 1.71. The Morgan fingerprint density at radius 3 is 2.55 bits per heavy atom. The second-order valence-electron chi connectivity index (χ2n) is 4.07. The highest BCUT2D eigenvalue weighted by Crippen LogP contribution is 2.22. The van der Waals surface area contributed by atoms with Crippen molar-refractivity contribution >= 4 is 21.6 Å². The van der Waals surface area contributed by atoms with Crippen molar-refractivity contribution in [1.29, 1.82) is 0 Å². The Morgan fingerprint density at radius 1 is 1.25 bits per heavy atom. The monoisotopic (exact) mass is 312 g/mol. The maximum absolute atomic E-state index is 12.2. The third kappa shape index (κ3) is 3.34. The molecule has 2 aromatic rings. The average Bonchev–Trinajstić information content (AvgIpc) is 2.46. The molecule has 0 aliphatic carbocycles. The van der Waals surface area contributed by atoms with E-state index in [0.29, 0.717) is 5.56 Å². The maximum Gasteiger partial charge on any atom is 0.244 e. The summed E-state index contributed by atoms with van der Waals surface area (Å²) in [7, 11) is -3.85. The standard InChI is InChI=1S/C13H13ClN2O3S/c14-11-6-7-15-8-13(11)20(18,19)16-12(9-17)10-4-2-1-3-5-10/h1-8,12,16-17H,9H2/t12-/m0/s1. The lowest BCUT2D eigenvalue weighted by atomic mass is 10.1. The van der Waals surface area contributed by atoms with Crippen LogP contribution in [-0.4, -0.2) is 25.1 Å². The number of rotatable bonds is 5. The van der Waals surface area contributed by atoms with E-state index in [0.717, 1.165) is 0 Å². The summed E-state index contributed by atoms with van der Waals surface area (Å²) in [6.45, 7) is -0.360. The molecule has 1 aromatic heterocycles. The summed E-state index contributed by atoms with van der Waals surface area (Å²) >= 11 is 5.86. The van der Waals surface area contributed by atoms with E-state index in [1.54, 1.807) is 24.3 Å². The van der Waals surface area contributed by atoms with Crippen LogP contribution in [0.2, 0.25) is 5.02 Å². The van der Waals surface area contributed by atoms with Gasteiger partial charge in [-0.15, -0.1) is 0 Å². The number of aliphatic hydroxyl groups is 1. The number of hydrogen-bond donors (Lipinski definition) is 2. The Bertz CT molecular complexity index is 677. The molecule has 0 saturated heterocycles. The van der Waals surface area contributed by atoms with Crippen LogP contribution in [0.25, 0.3) is 0 Å². The van der Waals surface area contributed by atoms with Crippen molar-refractivity contribution in [3.63, 3.8) is 0 Å². The van der Waals surface area contributed by atoms with Crippen molar-refractivity contribution < 1.29 is 13.5 Å². The van der Waals surface area contributed by atoms with Crippen LogP contribution in [0.4, 0.5) is 0 Å². The fraction of sp³-hybridized carbons (Fsp3) is 0.154. The normalized spacial score (nSPS) is 13.1. The van der Waals surface area contributed by atoms with E-state index in [4.69, 9.17) is 11.6 Å². The van der Waals surface area contributed by atoms with Crippen LogP contribution in [-0.2, 0) is 10.0 Å². The second-order valence-corrected chi connectivity index (χ2v) is 6.16. The number of nitrogens with zero attached hydrogens (tertiary/aromatic N) is 1. The Kier molecular flexibility index (Phi) is 4.72. The van der Waals surface area contributed by atoms with Gasteiger partial charge in [0.2, 0.25) is 10.0 Å². The molecule has 20 heavy (non-hydrogen) atoms. The van der Waals surface area contributed by atoms with Gasteiger partial charge in [0, 0.05) is 12.4 Å². The average molecular weight is 313 g/mol. The quantitative estimate of drug-likeness (QED) is 0.881. The first kappa shape index (κ1) is 14.9. The molecule has 5 nitrogen and oxygen atoms in total. The summed E-state index contributed by atoms with van der Waals surface area (Å²) in [6, 6.07) is 9.46. The van der Waals surface area contributed by atoms with E-state index in [-0.39, 0.29) is 16.5 Å². The third-order valence-electron chi connectivity index (χ3n) is 2.71. The molecule has 0 radical (unpaired) electrons. The first-order valence-electron chi connectivity index (χ1n) is 5.82. The van der Waals surface area contributed by atoms with Crippen molar-refractivity contribution in [1.82, 2.24) is 9.71 Å². The smallest absolute Gasteiger partial charge is 0.244 e. The van der Waals surface area contributed by atoms with Crippen LogP contribution in [0.15, 0.2) is 53.7 Å². The summed E-state index contributed by atoms with van der Waals surface area (Å²) in [5.74, 6) is 0. The Balaban J connectivity index is 2.30. The molecule has 2 N–H and O–H groups in total. The van der Waals surface area contributed by atoms with Crippen molar-refractivity contribution in [2.45, 2.75) is 10.9 Å². The number of aliphatic hydroxyl groups excluding tert-OH is 1.